The Labute approximate surface area is 65.6 Å². The Morgan fingerprint density at radius 1 is 1.55 bits per heavy atom. The quantitative estimate of drug-likeness (QED) is 0.599. The third-order valence-electron chi connectivity index (χ3n) is 2.61. The van der Waals surface area contributed by atoms with Crippen LogP contribution in [0.15, 0.2) is 18.3 Å². The second-order valence-corrected chi connectivity index (χ2v) is 3.45. The van der Waals surface area contributed by atoms with Crippen LogP contribution in [0.4, 0.5) is 5.69 Å². The molecule has 2 atom stereocenters. The molecule has 1 aliphatic carbocycles. The van der Waals surface area contributed by atoms with Crippen LogP contribution in [0.25, 0.3) is 0 Å². The zero-order chi connectivity index (χ0) is 7.26. The molecule has 2 heterocycles. The van der Waals surface area contributed by atoms with E-state index in [1.165, 1.54) is 24.2 Å². The fraction of sp³-hybridized carbons (Fsp3) is 0.444. The van der Waals surface area contributed by atoms with Crippen LogP contribution in [0.3, 0.4) is 0 Å². The number of hydrogen-bond acceptors (Lipinski definition) is 2. The van der Waals surface area contributed by atoms with Crippen molar-refractivity contribution in [3.8, 4) is 0 Å². The summed E-state index contributed by atoms with van der Waals surface area (Å²) in [6.07, 6.45) is 4.41. The van der Waals surface area contributed by atoms with Crippen LogP contribution in [-0.4, -0.2) is 11.0 Å². The molecule has 1 fully saturated rings. The summed E-state index contributed by atoms with van der Waals surface area (Å²) in [6, 6.07) is 4.89. The normalized spacial score (nSPS) is 31.6. The molecule has 2 unspecified atom stereocenters. The first-order chi connectivity index (χ1) is 5.43. The Morgan fingerprint density at radius 2 is 2.55 bits per heavy atom. The molecule has 1 aliphatic heterocycles. The SMILES string of the molecule is c1cnc2c(c1)NC1CC1C2. The molecule has 0 aromatic carbocycles. The number of fused-ring (bicyclic) bond motifs is 2. The molecule has 0 radical (unpaired) electrons. The van der Waals surface area contributed by atoms with Crippen molar-refractivity contribution in [3.63, 3.8) is 0 Å². The Hall–Kier alpha value is -1.05. The van der Waals surface area contributed by atoms with Gasteiger partial charge < -0.3 is 5.32 Å². The molecule has 11 heavy (non-hydrogen) atoms. The smallest absolute Gasteiger partial charge is 0.0638 e. The van der Waals surface area contributed by atoms with Gasteiger partial charge in [-0.3, -0.25) is 4.98 Å². The van der Waals surface area contributed by atoms with E-state index < -0.39 is 0 Å². The van der Waals surface area contributed by atoms with E-state index in [9.17, 15) is 0 Å². The maximum atomic E-state index is 4.33. The average molecular weight is 146 g/mol. The molecule has 3 rings (SSSR count). The number of hydrogen-bond donors (Lipinski definition) is 1. The molecule has 2 nitrogen and oxygen atoms in total. The number of anilines is 1. The molecular weight excluding hydrogens is 136 g/mol. The van der Waals surface area contributed by atoms with Crippen LogP contribution in [0.2, 0.25) is 0 Å². The van der Waals surface area contributed by atoms with E-state index in [-0.39, 0.29) is 0 Å². The van der Waals surface area contributed by atoms with Crippen LogP contribution in [0.5, 0.6) is 0 Å². The van der Waals surface area contributed by atoms with Crippen LogP contribution >= 0.6 is 0 Å². The number of nitrogens with zero attached hydrogens (tertiary/aromatic N) is 1. The van der Waals surface area contributed by atoms with Gasteiger partial charge in [0, 0.05) is 12.2 Å². The lowest BCUT2D eigenvalue weighted by molar-refractivity contribution is 0.756. The van der Waals surface area contributed by atoms with Crippen molar-refractivity contribution in [3.05, 3.63) is 24.0 Å². The lowest BCUT2D eigenvalue weighted by Crippen LogP contribution is -2.14. The van der Waals surface area contributed by atoms with Gasteiger partial charge in [-0.2, -0.15) is 0 Å². The molecule has 0 bridgehead atoms. The van der Waals surface area contributed by atoms with Crippen LogP contribution in [0.1, 0.15) is 12.1 Å². The topological polar surface area (TPSA) is 24.9 Å². The summed E-state index contributed by atoms with van der Waals surface area (Å²) in [5.74, 6) is 0.886. The average Bonchev–Trinajstić information content (AvgIpc) is 2.77. The van der Waals surface area contributed by atoms with Crippen molar-refractivity contribution in [2.24, 2.45) is 5.92 Å². The predicted molar refractivity (Wildman–Crippen MR) is 43.5 cm³/mol. The summed E-state index contributed by atoms with van der Waals surface area (Å²) in [5.41, 5.74) is 2.51. The number of nitrogens with one attached hydrogen (secondary N) is 1. The fourth-order valence-corrected chi connectivity index (χ4v) is 1.83. The molecule has 56 valence electrons. The van der Waals surface area contributed by atoms with E-state index in [2.05, 4.69) is 16.4 Å². The Bertz CT molecular complexity index is 266. The van der Waals surface area contributed by atoms with E-state index in [1.807, 2.05) is 12.3 Å². The van der Waals surface area contributed by atoms with Gasteiger partial charge in [0.15, 0.2) is 0 Å². The maximum absolute atomic E-state index is 4.33. The van der Waals surface area contributed by atoms with Gasteiger partial charge in [-0.1, -0.05) is 0 Å². The Balaban J connectivity index is 2.07. The summed E-state index contributed by atoms with van der Waals surface area (Å²) in [6.45, 7) is 0. The van der Waals surface area contributed by atoms with Crippen molar-refractivity contribution in [2.75, 3.05) is 5.32 Å². The molecule has 2 heteroatoms. The first kappa shape index (κ1) is 5.58. The third kappa shape index (κ3) is 0.754. The minimum absolute atomic E-state index is 0.770. The molecule has 0 spiro atoms. The van der Waals surface area contributed by atoms with Gasteiger partial charge in [0.25, 0.3) is 0 Å². The monoisotopic (exact) mass is 146 g/mol. The van der Waals surface area contributed by atoms with Crippen LogP contribution in [-0.2, 0) is 6.42 Å². The summed E-state index contributed by atoms with van der Waals surface area (Å²) in [4.78, 5) is 4.33. The van der Waals surface area contributed by atoms with Gasteiger partial charge in [-0.05, 0) is 30.9 Å². The molecule has 1 aromatic rings. The number of rotatable bonds is 0. The Morgan fingerprint density at radius 3 is 3.55 bits per heavy atom. The summed E-state index contributed by atoms with van der Waals surface area (Å²) >= 11 is 0. The predicted octanol–water partition coefficient (Wildman–Crippen LogP) is 1.44. The lowest BCUT2D eigenvalue weighted by Gasteiger charge is -2.15. The third-order valence-corrected chi connectivity index (χ3v) is 2.61. The lowest BCUT2D eigenvalue weighted by atomic mass is 10.1. The van der Waals surface area contributed by atoms with Crippen LogP contribution < -0.4 is 5.32 Å². The maximum Gasteiger partial charge on any atom is 0.0638 e. The zero-order valence-corrected chi connectivity index (χ0v) is 6.25. The van der Waals surface area contributed by atoms with Gasteiger partial charge >= 0.3 is 0 Å². The van der Waals surface area contributed by atoms with Crippen molar-refractivity contribution in [1.82, 2.24) is 4.98 Å². The molecule has 0 saturated heterocycles. The molecular formula is C9H10N2. The highest BCUT2D eigenvalue weighted by Gasteiger charge is 2.41. The van der Waals surface area contributed by atoms with E-state index >= 15 is 0 Å². The van der Waals surface area contributed by atoms with Gasteiger partial charge in [0.2, 0.25) is 0 Å². The van der Waals surface area contributed by atoms with Crippen LogP contribution in [0, 0.1) is 5.92 Å². The molecule has 1 saturated carbocycles. The van der Waals surface area contributed by atoms with E-state index in [0.717, 1.165) is 12.0 Å². The van der Waals surface area contributed by atoms with Gasteiger partial charge in [0.1, 0.15) is 0 Å². The van der Waals surface area contributed by atoms with Crippen molar-refractivity contribution in [2.45, 2.75) is 18.9 Å². The van der Waals surface area contributed by atoms with Crippen molar-refractivity contribution in [1.29, 1.82) is 0 Å². The minimum Gasteiger partial charge on any atom is -0.381 e. The highest BCUT2D eigenvalue weighted by atomic mass is 15.0. The van der Waals surface area contributed by atoms with E-state index in [4.69, 9.17) is 0 Å². The zero-order valence-electron chi connectivity index (χ0n) is 6.25. The van der Waals surface area contributed by atoms with Gasteiger partial charge in [-0.25, -0.2) is 0 Å². The van der Waals surface area contributed by atoms with Crippen molar-refractivity contribution >= 4 is 5.69 Å². The van der Waals surface area contributed by atoms with E-state index in [1.54, 1.807) is 0 Å². The number of aromatic nitrogens is 1. The van der Waals surface area contributed by atoms with Gasteiger partial charge in [0.05, 0.1) is 11.4 Å². The second kappa shape index (κ2) is 1.76. The first-order valence-corrected chi connectivity index (χ1v) is 4.14. The highest BCUT2D eigenvalue weighted by Crippen LogP contribution is 2.41. The standard InChI is InChI=1S/C9H10N2/c1-2-7-9(10-3-1)5-6-4-8(6)11-7/h1-3,6,8,11H,4-5H2. The summed E-state index contributed by atoms with van der Waals surface area (Å²) in [7, 11) is 0. The molecule has 2 aliphatic rings. The largest absolute Gasteiger partial charge is 0.381 e. The highest BCUT2D eigenvalue weighted by molar-refractivity contribution is 5.52. The first-order valence-electron chi connectivity index (χ1n) is 4.14. The molecule has 1 aromatic heterocycles. The van der Waals surface area contributed by atoms with Gasteiger partial charge in [-0.15, -0.1) is 0 Å². The molecule has 1 N–H and O–H groups in total. The second-order valence-electron chi connectivity index (χ2n) is 3.45. The minimum atomic E-state index is 0.770. The Kier molecular flexibility index (Phi) is 0.891. The summed E-state index contributed by atoms with van der Waals surface area (Å²) in [5, 5.41) is 3.47. The molecule has 0 amide bonds. The number of pyridine rings is 1. The van der Waals surface area contributed by atoms with Crippen molar-refractivity contribution < 1.29 is 0 Å². The fourth-order valence-electron chi connectivity index (χ4n) is 1.83. The summed E-state index contributed by atoms with van der Waals surface area (Å²) < 4.78 is 0. The van der Waals surface area contributed by atoms with E-state index in [0.29, 0.717) is 0 Å².